The third-order valence-electron chi connectivity index (χ3n) is 3.25. The van der Waals surface area contributed by atoms with Crippen molar-refractivity contribution in [1.29, 1.82) is 5.26 Å². The van der Waals surface area contributed by atoms with E-state index < -0.39 is 17.5 Å². The smallest absolute Gasteiger partial charge is 0.407 e. The van der Waals surface area contributed by atoms with Gasteiger partial charge in [-0.25, -0.2) is 14.2 Å². The molecule has 1 rings (SSSR count). The molecule has 7 nitrogen and oxygen atoms in total. The van der Waals surface area contributed by atoms with E-state index in [1.807, 2.05) is 33.8 Å². The van der Waals surface area contributed by atoms with Gasteiger partial charge in [0.05, 0.1) is 18.2 Å². The molecule has 1 amide bonds. The first-order valence-electron chi connectivity index (χ1n) is 8.92. The fourth-order valence-corrected chi connectivity index (χ4v) is 2.05. The Labute approximate surface area is 183 Å². The van der Waals surface area contributed by atoms with Crippen LogP contribution in [0.2, 0.25) is 0 Å². The van der Waals surface area contributed by atoms with E-state index in [4.69, 9.17) is 10.00 Å². The van der Waals surface area contributed by atoms with E-state index >= 15 is 0 Å². The predicted molar refractivity (Wildman–Crippen MR) is 118 cm³/mol. The predicted octanol–water partition coefficient (Wildman–Crippen LogP) is 3.29. The number of guanidine groups is 1. The molecule has 0 radical (unpaired) electrons. The Morgan fingerprint density at radius 3 is 2.50 bits per heavy atom. The molecule has 0 bridgehead atoms. The Kier molecular flexibility index (Phi) is 12.2. The molecule has 0 aliphatic carbocycles. The minimum Gasteiger partial charge on any atom is -0.444 e. The third kappa shape index (κ3) is 10.9. The molecule has 28 heavy (non-hydrogen) atoms. The lowest BCUT2D eigenvalue weighted by Crippen LogP contribution is -2.39. The van der Waals surface area contributed by atoms with Crippen molar-refractivity contribution in [2.45, 2.75) is 46.3 Å². The number of carbonyl (C=O) groups excluding carboxylic acids is 1. The van der Waals surface area contributed by atoms with Crippen molar-refractivity contribution < 1.29 is 13.9 Å². The molecule has 0 saturated heterocycles. The molecule has 0 aliphatic rings. The van der Waals surface area contributed by atoms with Crippen LogP contribution in [0.15, 0.2) is 23.2 Å². The summed E-state index contributed by atoms with van der Waals surface area (Å²) in [6.45, 7) is 9.23. The van der Waals surface area contributed by atoms with Gasteiger partial charge in [-0.1, -0.05) is 6.07 Å². The average molecular weight is 505 g/mol. The number of halogens is 2. The van der Waals surface area contributed by atoms with Crippen LogP contribution in [0.25, 0.3) is 0 Å². The number of carbonyl (C=O) groups is 1. The van der Waals surface area contributed by atoms with Gasteiger partial charge < -0.3 is 20.7 Å². The van der Waals surface area contributed by atoms with Crippen LogP contribution in [0.3, 0.4) is 0 Å². The summed E-state index contributed by atoms with van der Waals surface area (Å²) in [6.07, 6.45) is 0.230. The van der Waals surface area contributed by atoms with Crippen LogP contribution < -0.4 is 16.0 Å². The van der Waals surface area contributed by atoms with Crippen LogP contribution in [-0.4, -0.2) is 37.3 Å². The topological polar surface area (TPSA) is 98.5 Å². The molecule has 0 saturated carbocycles. The number of amides is 1. The van der Waals surface area contributed by atoms with Gasteiger partial charge in [0.2, 0.25) is 0 Å². The van der Waals surface area contributed by atoms with Crippen LogP contribution in [0, 0.1) is 17.1 Å². The zero-order chi connectivity index (χ0) is 20.3. The lowest BCUT2D eigenvalue weighted by atomic mass is 10.1. The number of hydrogen-bond donors (Lipinski definition) is 3. The lowest BCUT2D eigenvalue weighted by molar-refractivity contribution is 0.0527. The number of nitrogens with zero attached hydrogens (tertiary/aromatic N) is 2. The van der Waals surface area contributed by atoms with E-state index in [1.54, 1.807) is 12.1 Å². The zero-order valence-corrected chi connectivity index (χ0v) is 19.1. The summed E-state index contributed by atoms with van der Waals surface area (Å²) < 4.78 is 19.1. The van der Waals surface area contributed by atoms with E-state index in [0.717, 1.165) is 0 Å². The number of ether oxygens (including phenoxy) is 1. The first kappa shape index (κ1) is 25.9. The summed E-state index contributed by atoms with van der Waals surface area (Å²) in [4.78, 5) is 15.9. The molecule has 1 aromatic carbocycles. The SMILES string of the molecule is CCNC(=NCc1ccc(C#N)cc1F)NCCCNC(=O)OC(C)(C)C.I. The van der Waals surface area contributed by atoms with Gasteiger partial charge in [-0.3, -0.25) is 0 Å². The lowest BCUT2D eigenvalue weighted by Gasteiger charge is -2.19. The monoisotopic (exact) mass is 505 g/mol. The molecule has 3 N–H and O–H groups in total. The highest BCUT2D eigenvalue weighted by molar-refractivity contribution is 14.0. The molecule has 0 atom stereocenters. The molecule has 1 aromatic rings. The van der Waals surface area contributed by atoms with Gasteiger partial charge >= 0.3 is 6.09 Å². The van der Waals surface area contributed by atoms with Gasteiger partial charge in [0.15, 0.2) is 5.96 Å². The van der Waals surface area contributed by atoms with E-state index in [0.29, 0.717) is 37.6 Å². The number of nitrogens with one attached hydrogen (secondary N) is 3. The van der Waals surface area contributed by atoms with Crippen LogP contribution in [0.5, 0.6) is 0 Å². The summed E-state index contributed by atoms with van der Waals surface area (Å²) in [5.41, 5.74) is 0.175. The van der Waals surface area contributed by atoms with Gasteiger partial charge in [-0.15, -0.1) is 24.0 Å². The highest BCUT2D eigenvalue weighted by Crippen LogP contribution is 2.11. The molecule has 0 aromatic heterocycles. The highest BCUT2D eigenvalue weighted by atomic mass is 127. The summed E-state index contributed by atoms with van der Waals surface area (Å²) in [5.74, 6) is 0.105. The van der Waals surface area contributed by atoms with Gasteiger partial charge in [-0.05, 0) is 46.2 Å². The molecule has 0 heterocycles. The molecule has 0 fully saturated rings. The van der Waals surface area contributed by atoms with E-state index in [1.165, 1.54) is 6.07 Å². The maximum absolute atomic E-state index is 13.9. The second-order valence-electron chi connectivity index (χ2n) is 6.82. The summed E-state index contributed by atoms with van der Waals surface area (Å²) in [6, 6.07) is 6.23. The minimum atomic E-state index is -0.520. The number of alkyl carbamates (subject to hydrolysis) is 1. The fourth-order valence-electron chi connectivity index (χ4n) is 2.05. The Morgan fingerprint density at radius 1 is 1.25 bits per heavy atom. The normalized spacial score (nSPS) is 11.1. The van der Waals surface area contributed by atoms with Gasteiger partial charge in [0.1, 0.15) is 11.4 Å². The summed E-state index contributed by atoms with van der Waals surface area (Å²) in [5, 5.41) is 17.7. The second-order valence-corrected chi connectivity index (χ2v) is 6.82. The molecule has 0 spiro atoms. The largest absolute Gasteiger partial charge is 0.444 e. The van der Waals surface area contributed by atoms with Gasteiger partial charge in [-0.2, -0.15) is 5.26 Å². The van der Waals surface area contributed by atoms with Gasteiger partial charge in [0, 0.05) is 25.2 Å². The Hall–Kier alpha value is -2.09. The second kappa shape index (κ2) is 13.1. The molecule has 9 heteroatoms. The zero-order valence-electron chi connectivity index (χ0n) is 16.8. The maximum Gasteiger partial charge on any atom is 0.407 e. The number of rotatable bonds is 7. The first-order chi connectivity index (χ1) is 12.7. The Balaban J connectivity index is 0.00000729. The van der Waals surface area contributed by atoms with Crippen LogP contribution in [0.1, 0.15) is 45.2 Å². The van der Waals surface area contributed by atoms with Crippen LogP contribution in [0.4, 0.5) is 9.18 Å². The van der Waals surface area contributed by atoms with Crippen LogP contribution in [-0.2, 0) is 11.3 Å². The summed E-state index contributed by atoms with van der Waals surface area (Å²) in [7, 11) is 0. The van der Waals surface area contributed by atoms with Crippen molar-refractivity contribution in [1.82, 2.24) is 16.0 Å². The van der Waals surface area contributed by atoms with Crippen molar-refractivity contribution in [3.05, 3.63) is 35.1 Å². The third-order valence-corrected chi connectivity index (χ3v) is 3.25. The van der Waals surface area contributed by atoms with E-state index in [-0.39, 0.29) is 36.1 Å². The van der Waals surface area contributed by atoms with Crippen molar-refractivity contribution in [2.75, 3.05) is 19.6 Å². The molecule has 0 aliphatic heterocycles. The number of aliphatic imine (C=N–C) groups is 1. The first-order valence-corrected chi connectivity index (χ1v) is 8.92. The molecule has 156 valence electrons. The van der Waals surface area contributed by atoms with Crippen molar-refractivity contribution in [3.63, 3.8) is 0 Å². The van der Waals surface area contributed by atoms with Crippen LogP contribution >= 0.6 is 24.0 Å². The standard InChI is InChI=1S/C19H28FN5O2.HI/c1-5-22-17(23-9-6-10-24-18(26)27-19(2,3)4)25-13-15-8-7-14(12-21)11-16(15)20;/h7-8,11H,5-6,9-10,13H2,1-4H3,(H,24,26)(H2,22,23,25);1H. The number of benzene rings is 1. The Morgan fingerprint density at radius 2 is 1.93 bits per heavy atom. The molecular weight excluding hydrogens is 476 g/mol. The van der Waals surface area contributed by atoms with Crippen molar-refractivity contribution in [3.8, 4) is 6.07 Å². The number of nitriles is 1. The maximum atomic E-state index is 13.9. The highest BCUT2D eigenvalue weighted by Gasteiger charge is 2.15. The molecule has 0 unspecified atom stereocenters. The number of hydrogen-bond acceptors (Lipinski definition) is 4. The fraction of sp³-hybridized carbons (Fsp3) is 0.526. The van der Waals surface area contributed by atoms with Crippen molar-refractivity contribution in [2.24, 2.45) is 4.99 Å². The van der Waals surface area contributed by atoms with E-state index in [9.17, 15) is 9.18 Å². The average Bonchev–Trinajstić information content (AvgIpc) is 2.58. The quantitative estimate of drug-likeness (QED) is 0.229. The Bertz CT molecular complexity index is 699. The minimum absolute atomic E-state index is 0. The van der Waals surface area contributed by atoms with Gasteiger partial charge in [0.25, 0.3) is 0 Å². The summed E-state index contributed by atoms with van der Waals surface area (Å²) >= 11 is 0. The molecular formula is C19H29FIN5O2. The van der Waals surface area contributed by atoms with E-state index in [2.05, 4.69) is 20.9 Å². The van der Waals surface area contributed by atoms with Crippen molar-refractivity contribution >= 4 is 36.0 Å².